The lowest BCUT2D eigenvalue weighted by atomic mass is 10.1. The first-order valence-electron chi connectivity index (χ1n) is 8.35. The van der Waals surface area contributed by atoms with Gasteiger partial charge in [0.25, 0.3) is 5.91 Å². The highest BCUT2D eigenvalue weighted by atomic mass is 32.3. The molecule has 0 spiro atoms. The van der Waals surface area contributed by atoms with Crippen molar-refractivity contribution >= 4 is 33.4 Å². The molecule has 10 heteroatoms. The molecule has 0 aliphatic carbocycles. The van der Waals surface area contributed by atoms with Crippen molar-refractivity contribution in [2.45, 2.75) is 23.5 Å². The third-order valence-electron chi connectivity index (χ3n) is 4.49. The van der Waals surface area contributed by atoms with Crippen LogP contribution in [0, 0.1) is 11.7 Å². The van der Waals surface area contributed by atoms with E-state index < -0.39 is 44.0 Å². The monoisotopic (exact) mass is 414 g/mol. The van der Waals surface area contributed by atoms with Crippen LogP contribution < -0.4 is 11.1 Å². The molecular formula is C17H19FN2O5S2. The number of hydrogen-bond donors (Lipinski definition) is 2. The molecule has 2 aliphatic rings. The lowest BCUT2D eigenvalue weighted by molar-refractivity contribution is -0.120. The summed E-state index contributed by atoms with van der Waals surface area (Å²) < 4.78 is 44.7. The first-order chi connectivity index (χ1) is 12.8. The number of ether oxygens (including phenoxy) is 1. The third-order valence-corrected chi connectivity index (χ3v) is 8.56. The summed E-state index contributed by atoms with van der Waals surface area (Å²) in [5, 5.41) is 0.999. The number of carbonyl (C=O) groups excluding carboxylic acids is 2. The van der Waals surface area contributed by atoms with E-state index in [1.807, 2.05) is 0 Å². The van der Waals surface area contributed by atoms with Gasteiger partial charge in [0.1, 0.15) is 5.82 Å². The fourth-order valence-electron chi connectivity index (χ4n) is 2.99. The molecule has 7 nitrogen and oxygen atoms in total. The van der Waals surface area contributed by atoms with Crippen molar-refractivity contribution in [1.29, 1.82) is 0 Å². The maximum atomic E-state index is 13.8. The van der Waals surface area contributed by atoms with Crippen LogP contribution in [0.3, 0.4) is 0 Å². The van der Waals surface area contributed by atoms with Crippen LogP contribution in [0.15, 0.2) is 34.6 Å². The Labute approximate surface area is 160 Å². The van der Waals surface area contributed by atoms with Gasteiger partial charge in [0.2, 0.25) is 5.91 Å². The number of carbonyl (C=O) groups is 2. The molecule has 2 heterocycles. The van der Waals surface area contributed by atoms with E-state index in [0.717, 1.165) is 17.8 Å². The van der Waals surface area contributed by atoms with Crippen LogP contribution >= 0.6 is 11.8 Å². The number of sulfone groups is 1. The van der Waals surface area contributed by atoms with Crippen LogP contribution in [0.25, 0.3) is 0 Å². The van der Waals surface area contributed by atoms with Gasteiger partial charge in [-0.2, -0.15) is 0 Å². The molecule has 0 radical (unpaired) electrons. The molecule has 2 atom stereocenters. The summed E-state index contributed by atoms with van der Waals surface area (Å²) in [7, 11) is -3.66. The van der Waals surface area contributed by atoms with Gasteiger partial charge in [-0.15, -0.1) is 0 Å². The second-order valence-corrected chi connectivity index (χ2v) is 9.90. The number of nitrogens with one attached hydrogen (secondary N) is 1. The van der Waals surface area contributed by atoms with Gasteiger partial charge in [-0.05, 0) is 31.1 Å². The second kappa shape index (κ2) is 7.99. The molecule has 1 fully saturated rings. The molecule has 1 aromatic carbocycles. The van der Waals surface area contributed by atoms with Crippen molar-refractivity contribution in [2.24, 2.45) is 11.7 Å². The van der Waals surface area contributed by atoms with Gasteiger partial charge in [0.05, 0.1) is 26.3 Å². The van der Waals surface area contributed by atoms with Gasteiger partial charge < -0.3 is 15.8 Å². The van der Waals surface area contributed by atoms with E-state index in [1.54, 1.807) is 0 Å². The number of halogens is 1. The van der Waals surface area contributed by atoms with Gasteiger partial charge in [-0.3, -0.25) is 9.59 Å². The van der Waals surface area contributed by atoms with Crippen LogP contribution in [-0.4, -0.2) is 44.1 Å². The summed E-state index contributed by atoms with van der Waals surface area (Å²) >= 11 is 0.854. The third kappa shape index (κ3) is 4.17. The van der Waals surface area contributed by atoms with Crippen LogP contribution in [0.1, 0.15) is 23.2 Å². The maximum Gasteiger partial charge on any atom is 0.255 e. The number of benzene rings is 1. The number of amides is 2. The molecule has 1 aromatic rings. The van der Waals surface area contributed by atoms with Crippen LogP contribution in [-0.2, 0) is 19.4 Å². The van der Waals surface area contributed by atoms with Gasteiger partial charge in [0, 0.05) is 13.2 Å². The summed E-state index contributed by atoms with van der Waals surface area (Å²) in [5.74, 6) is -3.22. The number of nitrogens with two attached hydrogens (primary N) is 1. The average Bonchev–Trinajstić information content (AvgIpc) is 3.07. The average molecular weight is 414 g/mol. The molecule has 0 bridgehead atoms. The Hall–Kier alpha value is -1.91. The molecule has 146 valence electrons. The van der Waals surface area contributed by atoms with E-state index in [0.29, 0.717) is 26.1 Å². The van der Waals surface area contributed by atoms with E-state index in [2.05, 4.69) is 5.32 Å². The predicted molar refractivity (Wildman–Crippen MR) is 98.8 cm³/mol. The maximum absolute atomic E-state index is 13.8. The summed E-state index contributed by atoms with van der Waals surface area (Å²) in [6, 6.07) is 5.39. The Morgan fingerprint density at radius 1 is 1.22 bits per heavy atom. The lowest BCUT2D eigenvalue weighted by Crippen LogP contribution is -2.41. The van der Waals surface area contributed by atoms with Crippen molar-refractivity contribution in [1.82, 2.24) is 5.32 Å². The Kier molecular flexibility index (Phi) is 5.87. The topological polar surface area (TPSA) is 116 Å². The molecule has 2 aliphatic heterocycles. The summed E-state index contributed by atoms with van der Waals surface area (Å²) in [5.41, 5.74) is 5.19. The van der Waals surface area contributed by atoms with E-state index in [1.165, 1.54) is 24.3 Å². The van der Waals surface area contributed by atoms with Crippen LogP contribution in [0.2, 0.25) is 0 Å². The van der Waals surface area contributed by atoms with Gasteiger partial charge in [-0.1, -0.05) is 23.9 Å². The Bertz CT molecular complexity index is 881. The van der Waals surface area contributed by atoms with Gasteiger partial charge in [0.15, 0.2) is 9.84 Å². The standard InChI is InChI=1S/C17H19FN2O5S2/c18-13-4-2-1-3-11(13)16(22)20-17-12(15(19)21)9-14(26-17)27(23,24)10-5-7-25-8-6-10/h1-4,9-10,12,17H,5-8H2,(H2,19,21)(H,20,22). The van der Waals surface area contributed by atoms with Crippen molar-refractivity contribution in [2.75, 3.05) is 13.2 Å². The molecule has 3 rings (SSSR count). The van der Waals surface area contributed by atoms with Crippen LogP contribution in [0.4, 0.5) is 4.39 Å². The highest BCUT2D eigenvalue weighted by molar-refractivity contribution is 8.19. The summed E-state index contributed by atoms with van der Waals surface area (Å²) in [6.07, 6.45) is 2.02. The normalized spacial score (nSPS) is 23.7. The molecule has 0 saturated carbocycles. The van der Waals surface area contributed by atoms with Crippen molar-refractivity contribution in [3.05, 3.63) is 46.0 Å². The number of thioether (sulfide) groups is 1. The molecule has 2 amide bonds. The number of primary amides is 1. The summed E-state index contributed by atoms with van der Waals surface area (Å²) in [4.78, 5) is 24.1. The molecular weight excluding hydrogens is 395 g/mol. The van der Waals surface area contributed by atoms with Crippen molar-refractivity contribution in [3.63, 3.8) is 0 Å². The van der Waals surface area contributed by atoms with E-state index in [9.17, 15) is 22.4 Å². The smallest absolute Gasteiger partial charge is 0.255 e. The van der Waals surface area contributed by atoms with Crippen molar-refractivity contribution in [3.8, 4) is 0 Å². The molecule has 2 unspecified atom stereocenters. The minimum atomic E-state index is -3.66. The zero-order valence-corrected chi connectivity index (χ0v) is 15.9. The number of rotatable bonds is 5. The molecule has 27 heavy (non-hydrogen) atoms. The lowest BCUT2D eigenvalue weighted by Gasteiger charge is -2.23. The molecule has 3 N–H and O–H groups in total. The number of hydrogen-bond acceptors (Lipinski definition) is 6. The van der Waals surface area contributed by atoms with Crippen molar-refractivity contribution < 1.29 is 27.1 Å². The van der Waals surface area contributed by atoms with Gasteiger partial charge >= 0.3 is 0 Å². The summed E-state index contributed by atoms with van der Waals surface area (Å²) in [6.45, 7) is 0.711. The first kappa shape index (κ1) is 19.8. The fraction of sp³-hybridized carbons (Fsp3) is 0.412. The van der Waals surface area contributed by atoms with Gasteiger partial charge in [-0.25, -0.2) is 12.8 Å². The Balaban J connectivity index is 1.79. The van der Waals surface area contributed by atoms with E-state index in [-0.39, 0.29) is 9.80 Å². The first-order valence-corrected chi connectivity index (χ1v) is 10.8. The minimum Gasteiger partial charge on any atom is -0.381 e. The SMILES string of the molecule is NC(=O)C1C=C(S(=O)(=O)C2CCOCC2)SC1NC(=O)c1ccccc1F. The van der Waals surface area contributed by atoms with Crippen LogP contribution in [0.5, 0.6) is 0 Å². The second-order valence-electron chi connectivity index (χ2n) is 6.26. The highest BCUT2D eigenvalue weighted by Gasteiger charge is 2.41. The zero-order chi connectivity index (χ0) is 19.6. The molecule has 0 aromatic heterocycles. The Morgan fingerprint density at radius 2 is 1.89 bits per heavy atom. The fourth-order valence-corrected chi connectivity index (χ4v) is 6.72. The van der Waals surface area contributed by atoms with E-state index in [4.69, 9.17) is 10.5 Å². The van der Waals surface area contributed by atoms with E-state index >= 15 is 0 Å². The minimum absolute atomic E-state index is 0.0111. The predicted octanol–water partition coefficient (Wildman–Crippen LogP) is 1.17. The zero-order valence-electron chi connectivity index (χ0n) is 14.3. The Morgan fingerprint density at radius 3 is 2.52 bits per heavy atom. The highest BCUT2D eigenvalue weighted by Crippen LogP contribution is 2.41. The largest absolute Gasteiger partial charge is 0.381 e. The molecule has 1 saturated heterocycles. The quantitative estimate of drug-likeness (QED) is 0.747.